The standard InChI is InChI=1S/C21H21FN2OS2/c1-15-4-3-5-17(10-15)12-26-14-21(25)24(11-19-13-27-16(2)23-19)20-8-6-18(22)7-9-20/h3-10,13H,11-12,14H2,1-2H3. The van der Waals surface area contributed by atoms with Gasteiger partial charge in [-0.25, -0.2) is 9.37 Å². The van der Waals surface area contributed by atoms with Crippen LogP contribution in [0.4, 0.5) is 10.1 Å². The number of thiazole rings is 1. The summed E-state index contributed by atoms with van der Waals surface area (Å²) in [7, 11) is 0. The zero-order valence-corrected chi connectivity index (χ0v) is 16.9. The Labute approximate surface area is 167 Å². The molecule has 1 amide bonds. The van der Waals surface area contributed by atoms with Gasteiger partial charge in [0.15, 0.2) is 0 Å². The lowest BCUT2D eigenvalue weighted by atomic mass is 10.2. The van der Waals surface area contributed by atoms with Crippen molar-refractivity contribution in [2.75, 3.05) is 10.7 Å². The predicted molar refractivity (Wildman–Crippen MR) is 112 cm³/mol. The van der Waals surface area contributed by atoms with Crippen LogP contribution in [0.2, 0.25) is 0 Å². The minimum absolute atomic E-state index is 0.00934. The third-order valence-electron chi connectivity index (χ3n) is 4.00. The molecule has 0 radical (unpaired) electrons. The Balaban J connectivity index is 1.69. The number of carbonyl (C=O) groups excluding carboxylic acids is 1. The number of aryl methyl sites for hydroxylation is 2. The molecule has 27 heavy (non-hydrogen) atoms. The summed E-state index contributed by atoms with van der Waals surface area (Å²) in [5, 5.41) is 2.92. The van der Waals surface area contributed by atoms with Gasteiger partial charge >= 0.3 is 0 Å². The lowest BCUT2D eigenvalue weighted by Crippen LogP contribution is -2.32. The molecule has 0 N–H and O–H groups in total. The SMILES string of the molecule is Cc1cccc(CSCC(=O)N(Cc2csc(C)n2)c2ccc(F)cc2)c1. The molecule has 0 unspecified atom stereocenters. The van der Waals surface area contributed by atoms with Gasteiger partial charge in [0.1, 0.15) is 5.82 Å². The molecule has 1 aromatic heterocycles. The maximum atomic E-state index is 13.3. The topological polar surface area (TPSA) is 33.2 Å². The van der Waals surface area contributed by atoms with Crippen molar-refractivity contribution in [1.82, 2.24) is 4.98 Å². The maximum absolute atomic E-state index is 13.3. The third-order valence-corrected chi connectivity index (χ3v) is 5.81. The number of anilines is 1. The van der Waals surface area contributed by atoms with E-state index in [9.17, 15) is 9.18 Å². The molecular formula is C21H21FN2OS2. The molecule has 0 atom stereocenters. The number of amides is 1. The average molecular weight is 401 g/mol. The Hall–Kier alpha value is -2.18. The molecule has 0 bridgehead atoms. The van der Waals surface area contributed by atoms with Gasteiger partial charge in [-0.3, -0.25) is 4.79 Å². The first-order valence-corrected chi connectivity index (χ1v) is 10.6. The van der Waals surface area contributed by atoms with Gasteiger partial charge in [-0.1, -0.05) is 29.8 Å². The fourth-order valence-electron chi connectivity index (χ4n) is 2.72. The Morgan fingerprint density at radius 3 is 2.63 bits per heavy atom. The van der Waals surface area contributed by atoms with Crippen molar-refractivity contribution in [2.45, 2.75) is 26.1 Å². The number of aromatic nitrogens is 1. The number of thioether (sulfide) groups is 1. The highest BCUT2D eigenvalue weighted by Gasteiger charge is 2.18. The van der Waals surface area contributed by atoms with Crippen molar-refractivity contribution in [2.24, 2.45) is 0 Å². The van der Waals surface area contributed by atoms with Crippen LogP contribution in [0.15, 0.2) is 53.9 Å². The molecule has 0 spiro atoms. The predicted octanol–water partition coefficient (Wildman–Crippen LogP) is 5.37. The van der Waals surface area contributed by atoms with Gasteiger partial charge in [-0.2, -0.15) is 0 Å². The Kier molecular flexibility index (Phi) is 6.63. The van der Waals surface area contributed by atoms with E-state index in [2.05, 4.69) is 30.1 Å². The van der Waals surface area contributed by atoms with E-state index < -0.39 is 0 Å². The van der Waals surface area contributed by atoms with Crippen LogP contribution in [0.1, 0.15) is 21.8 Å². The van der Waals surface area contributed by atoms with Crippen LogP contribution in [0, 0.1) is 19.7 Å². The van der Waals surface area contributed by atoms with Gasteiger partial charge in [-0.15, -0.1) is 23.1 Å². The first-order valence-electron chi connectivity index (χ1n) is 8.61. The first kappa shape index (κ1) is 19.6. The van der Waals surface area contributed by atoms with Crippen LogP contribution in [0.3, 0.4) is 0 Å². The molecule has 0 aliphatic carbocycles. The average Bonchev–Trinajstić information content (AvgIpc) is 3.05. The van der Waals surface area contributed by atoms with Gasteiger partial charge in [0, 0.05) is 16.8 Å². The molecule has 0 saturated heterocycles. The van der Waals surface area contributed by atoms with Crippen LogP contribution in [-0.2, 0) is 17.1 Å². The van der Waals surface area contributed by atoms with Crippen LogP contribution >= 0.6 is 23.1 Å². The van der Waals surface area contributed by atoms with Crippen LogP contribution in [0.25, 0.3) is 0 Å². The molecule has 0 saturated carbocycles. The van der Waals surface area contributed by atoms with Gasteiger partial charge in [0.2, 0.25) is 5.91 Å². The minimum Gasteiger partial charge on any atom is -0.306 e. The fraction of sp³-hybridized carbons (Fsp3) is 0.238. The Morgan fingerprint density at radius 1 is 1.19 bits per heavy atom. The second-order valence-electron chi connectivity index (χ2n) is 6.30. The highest BCUT2D eigenvalue weighted by Crippen LogP contribution is 2.21. The molecule has 0 aliphatic rings. The number of hydrogen-bond acceptors (Lipinski definition) is 4. The summed E-state index contributed by atoms with van der Waals surface area (Å²) in [5.41, 5.74) is 3.95. The number of hydrogen-bond donors (Lipinski definition) is 0. The van der Waals surface area contributed by atoms with Crippen molar-refractivity contribution in [1.29, 1.82) is 0 Å². The normalized spacial score (nSPS) is 10.8. The van der Waals surface area contributed by atoms with E-state index in [1.165, 1.54) is 23.3 Å². The molecule has 1 heterocycles. The lowest BCUT2D eigenvalue weighted by Gasteiger charge is -2.22. The van der Waals surface area contributed by atoms with E-state index in [-0.39, 0.29) is 11.7 Å². The zero-order chi connectivity index (χ0) is 19.2. The Bertz CT molecular complexity index is 909. The van der Waals surface area contributed by atoms with Gasteiger partial charge in [0.25, 0.3) is 0 Å². The van der Waals surface area contributed by atoms with E-state index >= 15 is 0 Å². The number of benzene rings is 2. The number of rotatable bonds is 7. The van der Waals surface area contributed by atoms with Crippen molar-refractivity contribution < 1.29 is 9.18 Å². The van der Waals surface area contributed by atoms with Crippen molar-refractivity contribution in [3.05, 3.63) is 81.6 Å². The molecule has 0 aliphatic heterocycles. The molecule has 140 valence electrons. The van der Waals surface area contributed by atoms with E-state index in [4.69, 9.17) is 0 Å². The van der Waals surface area contributed by atoms with Gasteiger partial charge < -0.3 is 4.90 Å². The zero-order valence-electron chi connectivity index (χ0n) is 15.3. The smallest absolute Gasteiger partial charge is 0.237 e. The summed E-state index contributed by atoms with van der Waals surface area (Å²) >= 11 is 3.14. The molecule has 6 heteroatoms. The fourth-order valence-corrected chi connectivity index (χ4v) is 4.17. The molecule has 3 aromatic rings. The van der Waals surface area contributed by atoms with Gasteiger partial charge in [-0.05, 0) is 43.7 Å². The minimum atomic E-state index is -0.315. The van der Waals surface area contributed by atoms with E-state index in [1.807, 2.05) is 18.4 Å². The number of carbonyl (C=O) groups is 1. The molecule has 2 aromatic carbocycles. The quantitative estimate of drug-likeness (QED) is 0.535. The largest absolute Gasteiger partial charge is 0.306 e. The lowest BCUT2D eigenvalue weighted by molar-refractivity contribution is -0.116. The number of nitrogens with zero attached hydrogens (tertiary/aromatic N) is 2. The maximum Gasteiger partial charge on any atom is 0.237 e. The van der Waals surface area contributed by atoms with Gasteiger partial charge in [0.05, 0.1) is 23.0 Å². The number of halogens is 1. The van der Waals surface area contributed by atoms with E-state index in [0.717, 1.165) is 16.5 Å². The van der Waals surface area contributed by atoms with E-state index in [1.54, 1.807) is 40.1 Å². The molecular weight excluding hydrogens is 379 g/mol. The Morgan fingerprint density at radius 2 is 1.96 bits per heavy atom. The highest BCUT2D eigenvalue weighted by atomic mass is 32.2. The summed E-state index contributed by atoms with van der Waals surface area (Å²) in [6, 6.07) is 14.3. The summed E-state index contributed by atoms with van der Waals surface area (Å²) in [4.78, 5) is 19.0. The summed E-state index contributed by atoms with van der Waals surface area (Å²) in [5.74, 6) is 0.809. The monoisotopic (exact) mass is 400 g/mol. The molecule has 3 rings (SSSR count). The molecule has 0 fully saturated rings. The van der Waals surface area contributed by atoms with Crippen molar-refractivity contribution in [3.8, 4) is 0 Å². The second kappa shape index (κ2) is 9.15. The summed E-state index contributed by atoms with van der Waals surface area (Å²) < 4.78 is 13.3. The third kappa shape index (κ3) is 5.65. The van der Waals surface area contributed by atoms with Crippen LogP contribution in [-0.4, -0.2) is 16.6 Å². The highest BCUT2D eigenvalue weighted by molar-refractivity contribution is 7.99. The van der Waals surface area contributed by atoms with Crippen molar-refractivity contribution >= 4 is 34.7 Å². The first-order chi connectivity index (χ1) is 13.0. The van der Waals surface area contributed by atoms with Crippen LogP contribution < -0.4 is 4.90 Å². The van der Waals surface area contributed by atoms with Crippen LogP contribution in [0.5, 0.6) is 0 Å². The second-order valence-corrected chi connectivity index (χ2v) is 8.34. The summed E-state index contributed by atoms with van der Waals surface area (Å²) in [6.45, 7) is 4.39. The van der Waals surface area contributed by atoms with E-state index in [0.29, 0.717) is 18.0 Å². The molecule has 3 nitrogen and oxygen atoms in total. The van der Waals surface area contributed by atoms with Crippen molar-refractivity contribution in [3.63, 3.8) is 0 Å². The summed E-state index contributed by atoms with van der Waals surface area (Å²) in [6.07, 6.45) is 0.